The van der Waals surface area contributed by atoms with Gasteiger partial charge >= 0.3 is 0 Å². The molecule has 8 heteroatoms. The molecule has 0 spiro atoms. The van der Waals surface area contributed by atoms with Crippen LogP contribution in [0, 0.1) is 13.8 Å². The molecule has 0 bridgehead atoms. The number of thioether (sulfide) groups is 1. The average molecular weight is 491 g/mol. The van der Waals surface area contributed by atoms with Crippen LogP contribution in [0.5, 0.6) is 0 Å². The van der Waals surface area contributed by atoms with Crippen molar-refractivity contribution in [1.29, 1.82) is 0 Å². The number of fused-ring (bicyclic) bond motifs is 1. The lowest BCUT2D eigenvalue weighted by Gasteiger charge is -2.29. The number of carbonyl (C=O) groups excluding carboxylic acids is 1. The Hall–Kier alpha value is -2.97. The van der Waals surface area contributed by atoms with Gasteiger partial charge in [0.1, 0.15) is 15.8 Å². The Bertz CT molecular complexity index is 1370. The second kappa shape index (κ2) is 9.35. The molecule has 0 saturated carbocycles. The van der Waals surface area contributed by atoms with Crippen molar-refractivity contribution in [2.24, 2.45) is 0 Å². The molecule has 2 aromatic heterocycles. The predicted octanol–water partition coefficient (Wildman–Crippen LogP) is 4.70. The van der Waals surface area contributed by atoms with Gasteiger partial charge < -0.3 is 4.90 Å². The smallest absolute Gasteiger partial charge is 0.267 e. The number of anilines is 1. The molecular formula is C26H26N4O2S2. The van der Waals surface area contributed by atoms with E-state index in [9.17, 15) is 9.59 Å². The van der Waals surface area contributed by atoms with Crippen molar-refractivity contribution in [3.63, 3.8) is 0 Å². The average Bonchev–Trinajstić information content (AvgIpc) is 3.10. The molecular weight excluding hydrogens is 464 g/mol. The molecule has 2 fully saturated rings. The molecule has 0 radical (unpaired) electrons. The maximum atomic E-state index is 13.6. The highest BCUT2D eigenvalue weighted by Crippen LogP contribution is 2.35. The standard InChI is InChI=1S/C26H26N4O2S2/c1-17-8-10-19(11-9-17)16-30-25(32)21(34-26(30)33)15-20-23(28-12-4-3-5-13-28)27-22-18(2)7-6-14-29(22)24(20)31/h6-11,14-15H,3-5,12-13,16H2,1-2H3/b21-15-. The number of aromatic nitrogens is 2. The zero-order chi connectivity index (χ0) is 23.8. The number of hydrogen-bond acceptors (Lipinski definition) is 6. The van der Waals surface area contributed by atoms with Gasteiger partial charge in [-0.3, -0.25) is 18.9 Å². The van der Waals surface area contributed by atoms with E-state index < -0.39 is 0 Å². The van der Waals surface area contributed by atoms with Gasteiger partial charge in [-0.1, -0.05) is 59.9 Å². The third kappa shape index (κ3) is 4.28. The van der Waals surface area contributed by atoms with E-state index in [0.717, 1.165) is 37.1 Å². The maximum Gasteiger partial charge on any atom is 0.267 e. The van der Waals surface area contributed by atoms with E-state index in [1.165, 1.54) is 23.7 Å². The summed E-state index contributed by atoms with van der Waals surface area (Å²) in [4.78, 5) is 36.1. The topological polar surface area (TPSA) is 57.9 Å². The van der Waals surface area contributed by atoms with Crippen LogP contribution in [-0.2, 0) is 11.3 Å². The number of aryl methyl sites for hydroxylation is 2. The molecule has 174 valence electrons. The van der Waals surface area contributed by atoms with Crippen LogP contribution >= 0.6 is 24.0 Å². The molecule has 4 heterocycles. The number of thiocarbonyl (C=S) groups is 1. The van der Waals surface area contributed by atoms with Crippen molar-refractivity contribution in [3.05, 3.63) is 80.1 Å². The summed E-state index contributed by atoms with van der Waals surface area (Å²) in [6.07, 6.45) is 6.73. The maximum absolute atomic E-state index is 13.6. The first-order valence-electron chi connectivity index (χ1n) is 11.5. The molecule has 0 aliphatic carbocycles. The van der Waals surface area contributed by atoms with Gasteiger partial charge in [0.25, 0.3) is 11.5 Å². The van der Waals surface area contributed by atoms with Gasteiger partial charge in [-0.15, -0.1) is 0 Å². The summed E-state index contributed by atoms with van der Waals surface area (Å²) >= 11 is 6.78. The Kier molecular flexibility index (Phi) is 6.27. The molecule has 2 saturated heterocycles. The van der Waals surface area contributed by atoms with Crippen molar-refractivity contribution >= 4 is 51.7 Å². The van der Waals surface area contributed by atoms with Crippen molar-refractivity contribution in [1.82, 2.24) is 14.3 Å². The van der Waals surface area contributed by atoms with Gasteiger partial charge in [0, 0.05) is 19.3 Å². The quantitative estimate of drug-likeness (QED) is 0.390. The molecule has 5 rings (SSSR count). The van der Waals surface area contributed by atoms with E-state index in [0.29, 0.717) is 32.8 Å². The second-order valence-electron chi connectivity index (χ2n) is 8.84. The SMILES string of the molecule is Cc1ccc(CN2C(=O)/C(=C/c3c(N4CCCCC4)nc4c(C)cccn4c3=O)SC2=S)cc1. The van der Waals surface area contributed by atoms with Crippen LogP contribution in [0.3, 0.4) is 0 Å². The van der Waals surface area contributed by atoms with E-state index in [1.807, 2.05) is 50.2 Å². The van der Waals surface area contributed by atoms with Crippen LogP contribution in [0.2, 0.25) is 0 Å². The van der Waals surface area contributed by atoms with E-state index in [2.05, 4.69) is 4.90 Å². The van der Waals surface area contributed by atoms with Crippen LogP contribution < -0.4 is 10.5 Å². The second-order valence-corrected chi connectivity index (χ2v) is 10.5. The molecule has 1 aromatic carbocycles. The van der Waals surface area contributed by atoms with Crippen LogP contribution in [-0.4, -0.2) is 37.6 Å². The van der Waals surface area contributed by atoms with Crippen LogP contribution in [0.25, 0.3) is 11.7 Å². The molecule has 0 atom stereocenters. The fourth-order valence-corrected chi connectivity index (χ4v) is 5.65. The third-order valence-electron chi connectivity index (χ3n) is 6.33. The highest BCUT2D eigenvalue weighted by atomic mass is 32.2. The summed E-state index contributed by atoms with van der Waals surface area (Å²) in [6, 6.07) is 11.9. The first kappa shape index (κ1) is 22.8. The minimum Gasteiger partial charge on any atom is -0.356 e. The number of benzene rings is 1. The summed E-state index contributed by atoms with van der Waals surface area (Å²) < 4.78 is 2.07. The van der Waals surface area contributed by atoms with Crippen LogP contribution in [0.1, 0.15) is 41.5 Å². The van der Waals surface area contributed by atoms with Gasteiger partial charge in [-0.2, -0.15) is 0 Å². The fraction of sp³-hybridized carbons (Fsp3) is 0.308. The number of nitrogens with zero attached hydrogens (tertiary/aromatic N) is 4. The van der Waals surface area contributed by atoms with E-state index in [4.69, 9.17) is 17.2 Å². The predicted molar refractivity (Wildman–Crippen MR) is 142 cm³/mol. The highest BCUT2D eigenvalue weighted by molar-refractivity contribution is 8.26. The van der Waals surface area contributed by atoms with E-state index >= 15 is 0 Å². The molecule has 0 N–H and O–H groups in total. The Morgan fingerprint density at radius 3 is 2.53 bits per heavy atom. The number of piperidine rings is 1. The monoisotopic (exact) mass is 490 g/mol. The van der Waals surface area contributed by atoms with Crippen LogP contribution in [0.4, 0.5) is 5.82 Å². The molecule has 34 heavy (non-hydrogen) atoms. The summed E-state index contributed by atoms with van der Waals surface area (Å²) in [5.74, 6) is 0.483. The molecule has 2 aliphatic heterocycles. The number of amides is 1. The highest BCUT2D eigenvalue weighted by Gasteiger charge is 2.33. The zero-order valence-electron chi connectivity index (χ0n) is 19.3. The van der Waals surface area contributed by atoms with Crippen molar-refractivity contribution < 1.29 is 4.79 Å². The molecule has 3 aromatic rings. The van der Waals surface area contributed by atoms with Gasteiger partial charge in [0.15, 0.2) is 0 Å². The van der Waals surface area contributed by atoms with Gasteiger partial charge in [-0.25, -0.2) is 4.98 Å². The summed E-state index contributed by atoms with van der Waals surface area (Å²) in [7, 11) is 0. The van der Waals surface area contributed by atoms with Crippen molar-refractivity contribution in [2.45, 2.75) is 39.7 Å². The number of hydrogen-bond donors (Lipinski definition) is 0. The lowest BCUT2D eigenvalue weighted by Crippen LogP contribution is -2.33. The molecule has 2 aliphatic rings. The Balaban J connectivity index is 1.57. The van der Waals surface area contributed by atoms with Crippen molar-refractivity contribution in [3.8, 4) is 0 Å². The Labute approximate surface area is 208 Å². The normalized spacial score (nSPS) is 17.9. The van der Waals surface area contributed by atoms with Crippen LogP contribution in [0.15, 0.2) is 52.3 Å². The molecule has 6 nitrogen and oxygen atoms in total. The van der Waals surface area contributed by atoms with Crippen molar-refractivity contribution in [2.75, 3.05) is 18.0 Å². The van der Waals surface area contributed by atoms with E-state index in [1.54, 1.807) is 21.6 Å². The van der Waals surface area contributed by atoms with Gasteiger partial charge in [0.05, 0.1) is 17.0 Å². The van der Waals surface area contributed by atoms with E-state index in [-0.39, 0.29) is 11.5 Å². The van der Waals surface area contributed by atoms with Gasteiger partial charge in [-0.05, 0) is 56.4 Å². The first-order chi connectivity index (χ1) is 16.4. The first-order valence-corrected chi connectivity index (χ1v) is 12.7. The lowest BCUT2D eigenvalue weighted by molar-refractivity contribution is -0.122. The summed E-state index contributed by atoms with van der Waals surface area (Å²) in [5, 5.41) is 0. The fourth-order valence-electron chi connectivity index (χ4n) is 4.42. The number of pyridine rings is 1. The number of carbonyl (C=O) groups is 1. The largest absolute Gasteiger partial charge is 0.356 e. The van der Waals surface area contributed by atoms with Gasteiger partial charge in [0.2, 0.25) is 0 Å². The number of rotatable bonds is 4. The minimum atomic E-state index is -0.172. The third-order valence-corrected chi connectivity index (χ3v) is 7.71. The Morgan fingerprint density at radius 2 is 1.79 bits per heavy atom. The molecule has 1 amide bonds. The summed E-state index contributed by atoms with van der Waals surface area (Å²) in [5.41, 5.74) is 4.05. The minimum absolute atomic E-state index is 0.168. The Morgan fingerprint density at radius 1 is 1.06 bits per heavy atom. The lowest BCUT2D eigenvalue weighted by atomic mass is 10.1. The summed E-state index contributed by atoms with van der Waals surface area (Å²) in [6.45, 7) is 6.10. The molecule has 0 unspecified atom stereocenters. The zero-order valence-corrected chi connectivity index (χ0v) is 20.9.